The monoisotopic (exact) mass is 325 g/mol. The highest BCUT2D eigenvalue weighted by Gasteiger charge is 2.14. The Morgan fingerprint density at radius 2 is 1.84 bits per heavy atom. The highest BCUT2D eigenvalue weighted by molar-refractivity contribution is 9.10. The molecular formula is C14H10BrF2NO. The Hall–Kier alpha value is -1.75. The minimum atomic E-state index is -0.686. The Morgan fingerprint density at radius 3 is 2.53 bits per heavy atom. The molecule has 0 unspecified atom stereocenters. The van der Waals surface area contributed by atoms with Crippen LogP contribution < -0.4 is 5.32 Å². The minimum absolute atomic E-state index is 0.0346. The average Bonchev–Trinajstić information content (AvgIpc) is 2.33. The van der Waals surface area contributed by atoms with Crippen molar-refractivity contribution in [2.24, 2.45) is 0 Å². The normalized spacial score (nSPS) is 10.3. The van der Waals surface area contributed by atoms with E-state index in [1.54, 1.807) is 19.1 Å². The van der Waals surface area contributed by atoms with Gasteiger partial charge >= 0.3 is 0 Å². The Bertz CT molecular complexity index is 643. The van der Waals surface area contributed by atoms with Crippen LogP contribution in [-0.2, 0) is 0 Å². The molecule has 98 valence electrons. The van der Waals surface area contributed by atoms with E-state index in [9.17, 15) is 13.6 Å². The van der Waals surface area contributed by atoms with Crippen molar-refractivity contribution in [2.45, 2.75) is 6.92 Å². The van der Waals surface area contributed by atoms with Gasteiger partial charge in [-0.1, -0.05) is 22.0 Å². The van der Waals surface area contributed by atoms with Gasteiger partial charge in [0.1, 0.15) is 11.6 Å². The van der Waals surface area contributed by atoms with E-state index in [0.29, 0.717) is 4.47 Å². The number of amides is 1. The third kappa shape index (κ3) is 3.17. The van der Waals surface area contributed by atoms with Crippen molar-refractivity contribution in [3.8, 4) is 0 Å². The summed E-state index contributed by atoms with van der Waals surface area (Å²) in [5, 5.41) is 2.36. The van der Waals surface area contributed by atoms with Crippen LogP contribution in [0.5, 0.6) is 0 Å². The number of aryl methyl sites for hydroxylation is 1. The Balaban J connectivity index is 2.28. The lowest BCUT2D eigenvalue weighted by molar-refractivity contribution is 0.102. The van der Waals surface area contributed by atoms with Crippen LogP contribution in [0.1, 0.15) is 15.9 Å². The second-order valence-electron chi connectivity index (χ2n) is 4.06. The molecule has 19 heavy (non-hydrogen) atoms. The second kappa shape index (κ2) is 5.48. The molecule has 0 aliphatic carbocycles. The standard InChI is InChI=1S/C14H10BrF2NO/c1-8-2-5-11(16)13(6-8)18-14(19)10-4-3-9(15)7-12(10)17/h2-7H,1H3,(H,18,19). The van der Waals surface area contributed by atoms with E-state index in [1.165, 1.54) is 24.3 Å². The van der Waals surface area contributed by atoms with E-state index >= 15 is 0 Å². The highest BCUT2D eigenvalue weighted by atomic mass is 79.9. The van der Waals surface area contributed by atoms with Gasteiger partial charge in [0.05, 0.1) is 11.3 Å². The van der Waals surface area contributed by atoms with Gasteiger partial charge in [-0.3, -0.25) is 4.79 Å². The quantitative estimate of drug-likeness (QED) is 0.876. The lowest BCUT2D eigenvalue weighted by atomic mass is 10.1. The molecule has 0 heterocycles. The van der Waals surface area contributed by atoms with Crippen molar-refractivity contribution < 1.29 is 13.6 Å². The first-order valence-electron chi connectivity index (χ1n) is 5.50. The Morgan fingerprint density at radius 1 is 1.11 bits per heavy atom. The zero-order valence-electron chi connectivity index (χ0n) is 10.0. The van der Waals surface area contributed by atoms with E-state index in [1.807, 2.05) is 0 Å². The summed E-state index contributed by atoms with van der Waals surface area (Å²) >= 11 is 3.10. The van der Waals surface area contributed by atoms with Gasteiger partial charge in [-0.15, -0.1) is 0 Å². The molecule has 0 aliphatic rings. The smallest absolute Gasteiger partial charge is 0.258 e. The fourth-order valence-corrected chi connectivity index (χ4v) is 1.93. The number of anilines is 1. The number of carbonyl (C=O) groups excluding carboxylic acids is 1. The Labute approximate surface area is 117 Å². The van der Waals surface area contributed by atoms with Crippen molar-refractivity contribution in [1.29, 1.82) is 0 Å². The first-order valence-corrected chi connectivity index (χ1v) is 6.29. The van der Waals surface area contributed by atoms with Crippen LogP contribution >= 0.6 is 15.9 Å². The molecule has 0 saturated carbocycles. The maximum absolute atomic E-state index is 13.6. The van der Waals surface area contributed by atoms with Gasteiger partial charge in [-0.25, -0.2) is 8.78 Å². The van der Waals surface area contributed by atoms with Gasteiger partial charge in [-0.05, 0) is 42.8 Å². The van der Waals surface area contributed by atoms with Gasteiger partial charge in [0.15, 0.2) is 0 Å². The SMILES string of the molecule is Cc1ccc(F)c(NC(=O)c2ccc(Br)cc2F)c1. The van der Waals surface area contributed by atoms with E-state index in [2.05, 4.69) is 21.2 Å². The van der Waals surface area contributed by atoms with E-state index < -0.39 is 17.5 Å². The molecule has 0 aromatic heterocycles. The molecule has 0 aliphatic heterocycles. The number of halogens is 3. The Kier molecular flexibility index (Phi) is 3.95. The van der Waals surface area contributed by atoms with Gasteiger partial charge in [0.25, 0.3) is 5.91 Å². The van der Waals surface area contributed by atoms with Gasteiger partial charge in [0, 0.05) is 4.47 Å². The van der Waals surface area contributed by atoms with Crippen LogP contribution in [0.25, 0.3) is 0 Å². The molecule has 0 saturated heterocycles. The number of carbonyl (C=O) groups is 1. The largest absolute Gasteiger partial charge is 0.319 e. The highest BCUT2D eigenvalue weighted by Crippen LogP contribution is 2.19. The maximum atomic E-state index is 13.6. The first kappa shape index (κ1) is 13.7. The molecule has 0 atom stereocenters. The molecule has 0 radical (unpaired) electrons. The number of benzene rings is 2. The summed E-state index contributed by atoms with van der Waals surface area (Å²) in [6, 6.07) is 8.40. The van der Waals surface area contributed by atoms with Crippen LogP contribution in [0.3, 0.4) is 0 Å². The summed E-state index contributed by atoms with van der Waals surface area (Å²) in [6.07, 6.45) is 0. The second-order valence-corrected chi connectivity index (χ2v) is 4.98. The third-order valence-corrected chi connectivity index (χ3v) is 3.04. The fourth-order valence-electron chi connectivity index (χ4n) is 1.60. The molecule has 0 spiro atoms. The predicted molar refractivity (Wildman–Crippen MR) is 73.2 cm³/mol. The van der Waals surface area contributed by atoms with Crippen LogP contribution in [0, 0.1) is 18.6 Å². The van der Waals surface area contributed by atoms with E-state index in [4.69, 9.17) is 0 Å². The molecule has 2 nitrogen and oxygen atoms in total. The molecule has 2 rings (SSSR count). The number of nitrogens with one attached hydrogen (secondary N) is 1. The van der Waals surface area contributed by atoms with Crippen LogP contribution in [0.15, 0.2) is 40.9 Å². The van der Waals surface area contributed by atoms with Crippen molar-refractivity contribution in [2.75, 3.05) is 5.32 Å². The van der Waals surface area contributed by atoms with Crippen molar-refractivity contribution in [3.05, 3.63) is 63.6 Å². The fraction of sp³-hybridized carbons (Fsp3) is 0.0714. The number of hydrogen-bond acceptors (Lipinski definition) is 1. The minimum Gasteiger partial charge on any atom is -0.319 e. The molecule has 0 fully saturated rings. The first-order chi connectivity index (χ1) is 8.97. The summed E-state index contributed by atoms with van der Waals surface area (Å²) in [7, 11) is 0. The molecule has 1 amide bonds. The van der Waals surface area contributed by atoms with Gasteiger partial charge < -0.3 is 5.32 Å². The summed E-state index contributed by atoms with van der Waals surface area (Å²) in [5.74, 6) is -1.91. The predicted octanol–water partition coefficient (Wildman–Crippen LogP) is 4.29. The molecule has 5 heteroatoms. The summed E-state index contributed by atoms with van der Waals surface area (Å²) in [4.78, 5) is 11.9. The summed E-state index contributed by atoms with van der Waals surface area (Å²) in [5.41, 5.74) is 0.699. The van der Waals surface area contributed by atoms with E-state index in [0.717, 1.165) is 5.56 Å². The average molecular weight is 326 g/mol. The molecule has 1 N–H and O–H groups in total. The van der Waals surface area contributed by atoms with Crippen LogP contribution in [0.2, 0.25) is 0 Å². The van der Waals surface area contributed by atoms with Crippen molar-refractivity contribution >= 4 is 27.5 Å². The molecule has 2 aromatic carbocycles. The zero-order chi connectivity index (χ0) is 14.0. The topological polar surface area (TPSA) is 29.1 Å². The van der Waals surface area contributed by atoms with Crippen molar-refractivity contribution in [3.63, 3.8) is 0 Å². The molecule has 2 aromatic rings. The summed E-state index contributed by atoms with van der Waals surface area (Å²) < 4.78 is 27.6. The van der Waals surface area contributed by atoms with Crippen molar-refractivity contribution in [1.82, 2.24) is 0 Å². The molecular weight excluding hydrogens is 316 g/mol. The van der Waals surface area contributed by atoms with Crippen LogP contribution in [0.4, 0.5) is 14.5 Å². The van der Waals surface area contributed by atoms with Crippen LogP contribution in [-0.4, -0.2) is 5.91 Å². The summed E-state index contributed by atoms with van der Waals surface area (Å²) in [6.45, 7) is 1.77. The number of rotatable bonds is 2. The lowest BCUT2D eigenvalue weighted by Crippen LogP contribution is -2.14. The maximum Gasteiger partial charge on any atom is 0.258 e. The zero-order valence-corrected chi connectivity index (χ0v) is 11.6. The van der Waals surface area contributed by atoms with Gasteiger partial charge in [-0.2, -0.15) is 0 Å². The lowest BCUT2D eigenvalue weighted by Gasteiger charge is -2.08. The van der Waals surface area contributed by atoms with Gasteiger partial charge in [0.2, 0.25) is 0 Å². The van der Waals surface area contributed by atoms with E-state index in [-0.39, 0.29) is 11.3 Å². The molecule has 0 bridgehead atoms. The number of hydrogen-bond donors (Lipinski definition) is 1. The third-order valence-electron chi connectivity index (χ3n) is 2.55.